The van der Waals surface area contributed by atoms with Crippen molar-refractivity contribution in [2.75, 3.05) is 17.7 Å². The van der Waals surface area contributed by atoms with Crippen molar-refractivity contribution in [1.29, 1.82) is 0 Å². The lowest BCUT2D eigenvalue weighted by Gasteiger charge is -2.18. The number of esters is 1. The van der Waals surface area contributed by atoms with Gasteiger partial charge in [0.15, 0.2) is 0 Å². The number of carbonyl (C=O) groups is 2. The third kappa shape index (κ3) is 4.33. The zero-order chi connectivity index (χ0) is 20.3. The Hall–Kier alpha value is -2.87. The van der Waals surface area contributed by atoms with Gasteiger partial charge in [-0.3, -0.25) is 19.7 Å². The number of anilines is 1. The molecule has 0 N–H and O–H groups in total. The van der Waals surface area contributed by atoms with Gasteiger partial charge in [-0.25, -0.2) is 0 Å². The summed E-state index contributed by atoms with van der Waals surface area (Å²) in [7, 11) is 0. The number of hydrogen-bond acceptors (Lipinski definition) is 6. The molecular formula is C20H20N2O5S. The highest BCUT2D eigenvalue weighted by atomic mass is 32.2. The molecule has 0 saturated carbocycles. The first-order chi connectivity index (χ1) is 13.4. The van der Waals surface area contributed by atoms with Gasteiger partial charge in [-0.2, -0.15) is 0 Å². The summed E-state index contributed by atoms with van der Waals surface area (Å²) in [6.45, 7) is 1.92. The van der Waals surface area contributed by atoms with Crippen LogP contribution in [0.4, 0.5) is 11.4 Å². The fourth-order valence-corrected chi connectivity index (χ4v) is 3.58. The number of nitrogens with zero attached hydrogens (tertiary/aromatic N) is 2. The maximum atomic E-state index is 12.6. The van der Waals surface area contributed by atoms with Crippen LogP contribution in [0.2, 0.25) is 0 Å². The van der Waals surface area contributed by atoms with Crippen LogP contribution in [0.25, 0.3) is 0 Å². The molecule has 2 atom stereocenters. The van der Waals surface area contributed by atoms with Gasteiger partial charge in [0, 0.05) is 35.7 Å². The molecular weight excluding hydrogens is 380 g/mol. The van der Waals surface area contributed by atoms with Crippen molar-refractivity contribution < 1.29 is 19.2 Å². The summed E-state index contributed by atoms with van der Waals surface area (Å²) in [4.78, 5) is 38.0. The molecule has 1 heterocycles. The summed E-state index contributed by atoms with van der Waals surface area (Å²) in [6, 6.07) is 13.6. The molecule has 0 radical (unpaired) electrons. The summed E-state index contributed by atoms with van der Waals surface area (Å²) < 4.78 is 5.49. The Kier molecular flexibility index (Phi) is 5.99. The molecule has 1 aliphatic heterocycles. The van der Waals surface area contributed by atoms with E-state index in [2.05, 4.69) is 0 Å². The standard InChI is InChI=1S/C20H20N2O5S/c1-13(14-5-3-7-17(9-14)22(25)26)27-20(24)15-10-19(23)21(12-15)16-6-4-8-18(11-16)28-2/h3-9,11,13,15H,10,12H2,1-2H3/t13-,15+/m1/s1. The third-order valence-electron chi connectivity index (χ3n) is 4.67. The average molecular weight is 400 g/mol. The molecule has 28 heavy (non-hydrogen) atoms. The van der Waals surface area contributed by atoms with Crippen LogP contribution in [0.3, 0.4) is 0 Å². The second kappa shape index (κ2) is 8.43. The number of non-ortho nitro benzene ring substituents is 1. The SMILES string of the molecule is CSc1cccc(N2C[C@@H](C(=O)O[C@H](C)c3cccc([N+](=O)[O-])c3)CC2=O)c1. The van der Waals surface area contributed by atoms with Crippen molar-refractivity contribution in [2.45, 2.75) is 24.3 Å². The maximum Gasteiger partial charge on any atom is 0.311 e. The highest BCUT2D eigenvalue weighted by Gasteiger charge is 2.37. The molecule has 3 rings (SSSR count). The van der Waals surface area contributed by atoms with Gasteiger partial charge >= 0.3 is 5.97 Å². The van der Waals surface area contributed by atoms with Crippen LogP contribution in [0, 0.1) is 16.0 Å². The van der Waals surface area contributed by atoms with E-state index >= 15 is 0 Å². The number of nitro benzene ring substituents is 1. The molecule has 1 fully saturated rings. The van der Waals surface area contributed by atoms with E-state index in [1.807, 2.05) is 30.5 Å². The molecule has 0 aliphatic carbocycles. The number of benzene rings is 2. The van der Waals surface area contributed by atoms with Gasteiger partial charge in [0.1, 0.15) is 6.10 Å². The summed E-state index contributed by atoms with van der Waals surface area (Å²) >= 11 is 1.58. The van der Waals surface area contributed by atoms with Crippen LogP contribution in [0.15, 0.2) is 53.4 Å². The van der Waals surface area contributed by atoms with Crippen LogP contribution in [0.1, 0.15) is 25.0 Å². The normalized spacial score (nSPS) is 17.4. The number of amides is 1. The smallest absolute Gasteiger partial charge is 0.311 e. The molecule has 1 aliphatic rings. The van der Waals surface area contributed by atoms with Crippen LogP contribution in [-0.4, -0.2) is 29.6 Å². The fourth-order valence-electron chi connectivity index (χ4n) is 3.12. The molecule has 2 aromatic rings. The molecule has 0 bridgehead atoms. The van der Waals surface area contributed by atoms with Crippen molar-refractivity contribution in [1.82, 2.24) is 0 Å². The number of rotatable bonds is 6. The van der Waals surface area contributed by atoms with Crippen molar-refractivity contribution in [3.63, 3.8) is 0 Å². The first-order valence-corrected chi connectivity index (χ1v) is 10.0. The van der Waals surface area contributed by atoms with Gasteiger partial charge in [-0.1, -0.05) is 18.2 Å². The molecule has 146 valence electrons. The molecule has 1 saturated heterocycles. The zero-order valence-corrected chi connectivity index (χ0v) is 16.3. The molecule has 0 spiro atoms. The average Bonchev–Trinajstić information content (AvgIpc) is 3.10. The van der Waals surface area contributed by atoms with E-state index in [0.717, 1.165) is 10.6 Å². The van der Waals surface area contributed by atoms with E-state index in [-0.39, 0.29) is 24.6 Å². The van der Waals surface area contributed by atoms with Gasteiger partial charge in [0.25, 0.3) is 5.69 Å². The minimum Gasteiger partial charge on any atom is -0.458 e. The van der Waals surface area contributed by atoms with Crippen LogP contribution in [-0.2, 0) is 14.3 Å². The lowest BCUT2D eigenvalue weighted by atomic mass is 10.1. The molecule has 0 unspecified atom stereocenters. The highest BCUT2D eigenvalue weighted by molar-refractivity contribution is 7.98. The summed E-state index contributed by atoms with van der Waals surface area (Å²) in [6.07, 6.45) is 1.40. The Morgan fingerprint density at radius 3 is 2.75 bits per heavy atom. The second-order valence-corrected chi connectivity index (χ2v) is 7.42. The number of thioether (sulfide) groups is 1. The van der Waals surface area contributed by atoms with Crippen LogP contribution >= 0.6 is 11.8 Å². The first-order valence-electron chi connectivity index (χ1n) is 8.78. The van der Waals surface area contributed by atoms with Crippen LogP contribution in [0.5, 0.6) is 0 Å². The maximum absolute atomic E-state index is 12.6. The number of carbonyl (C=O) groups excluding carboxylic acids is 2. The third-order valence-corrected chi connectivity index (χ3v) is 5.39. The van der Waals surface area contributed by atoms with E-state index in [1.165, 1.54) is 12.1 Å². The minimum atomic E-state index is -0.642. The Morgan fingerprint density at radius 1 is 1.29 bits per heavy atom. The largest absolute Gasteiger partial charge is 0.458 e. The topological polar surface area (TPSA) is 89.8 Å². The van der Waals surface area contributed by atoms with Crippen molar-refractivity contribution in [3.8, 4) is 0 Å². The van der Waals surface area contributed by atoms with Crippen molar-refractivity contribution in [3.05, 3.63) is 64.2 Å². The van der Waals surface area contributed by atoms with Gasteiger partial charge in [-0.15, -0.1) is 11.8 Å². The zero-order valence-electron chi connectivity index (χ0n) is 15.5. The lowest BCUT2D eigenvalue weighted by Crippen LogP contribution is -2.26. The van der Waals surface area contributed by atoms with Crippen molar-refractivity contribution in [2.24, 2.45) is 5.92 Å². The summed E-state index contributed by atoms with van der Waals surface area (Å²) in [5.74, 6) is -1.16. The van der Waals surface area contributed by atoms with Gasteiger partial charge in [0.05, 0.1) is 10.8 Å². The van der Waals surface area contributed by atoms with Gasteiger partial charge < -0.3 is 9.64 Å². The predicted molar refractivity (Wildman–Crippen MR) is 106 cm³/mol. The van der Waals surface area contributed by atoms with E-state index < -0.39 is 22.9 Å². The van der Waals surface area contributed by atoms with E-state index in [1.54, 1.807) is 35.7 Å². The van der Waals surface area contributed by atoms with Gasteiger partial charge in [0.2, 0.25) is 5.91 Å². The molecule has 8 heteroatoms. The fraction of sp³-hybridized carbons (Fsp3) is 0.300. The Balaban J connectivity index is 1.67. The highest BCUT2D eigenvalue weighted by Crippen LogP contribution is 2.30. The Morgan fingerprint density at radius 2 is 2.04 bits per heavy atom. The number of nitro groups is 1. The minimum absolute atomic E-state index is 0.0590. The second-order valence-electron chi connectivity index (χ2n) is 6.54. The monoisotopic (exact) mass is 400 g/mol. The summed E-state index contributed by atoms with van der Waals surface area (Å²) in [5, 5.41) is 10.9. The van der Waals surface area contributed by atoms with E-state index in [9.17, 15) is 19.7 Å². The lowest BCUT2D eigenvalue weighted by molar-refractivity contribution is -0.385. The molecule has 7 nitrogen and oxygen atoms in total. The van der Waals surface area contributed by atoms with E-state index in [0.29, 0.717) is 5.56 Å². The quantitative estimate of drug-likeness (QED) is 0.315. The van der Waals surface area contributed by atoms with Gasteiger partial charge in [-0.05, 0) is 36.9 Å². The Bertz CT molecular complexity index is 917. The molecule has 0 aromatic heterocycles. The first kappa shape index (κ1) is 19.9. The Labute approximate surface area is 166 Å². The molecule has 2 aromatic carbocycles. The van der Waals surface area contributed by atoms with Crippen molar-refractivity contribution >= 4 is 35.0 Å². The molecule has 1 amide bonds. The van der Waals surface area contributed by atoms with E-state index in [4.69, 9.17) is 4.74 Å². The van der Waals surface area contributed by atoms with Crippen LogP contribution < -0.4 is 4.90 Å². The predicted octanol–water partition coefficient (Wildman–Crippen LogP) is 3.97. The number of ether oxygens (including phenoxy) is 1. The summed E-state index contributed by atoms with van der Waals surface area (Å²) in [5.41, 5.74) is 1.24. The number of hydrogen-bond donors (Lipinski definition) is 0.